The molecule has 0 atom stereocenters. The number of halogens is 1. The van der Waals surface area contributed by atoms with Gasteiger partial charge in [0.1, 0.15) is 5.82 Å². The Kier molecular flexibility index (Phi) is 4.62. The number of aromatic nitrogens is 2. The van der Waals surface area contributed by atoms with E-state index in [9.17, 15) is 4.79 Å². The summed E-state index contributed by atoms with van der Waals surface area (Å²) in [6.45, 7) is 4.87. The van der Waals surface area contributed by atoms with Crippen LogP contribution in [-0.4, -0.2) is 21.7 Å². The minimum atomic E-state index is -0.288. The normalized spacial score (nSPS) is 11.3. The molecule has 0 aliphatic rings. The SMILES string of the molecule is CCn1c(C)nc2cc(C(=O)N/N=C\c3ccccc3Cl)ccc21. The summed E-state index contributed by atoms with van der Waals surface area (Å²) in [5.74, 6) is 0.644. The van der Waals surface area contributed by atoms with E-state index in [1.807, 2.05) is 31.2 Å². The van der Waals surface area contributed by atoms with Gasteiger partial charge in [0.2, 0.25) is 0 Å². The molecule has 5 nitrogen and oxygen atoms in total. The number of rotatable bonds is 4. The lowest BCUT2D eigenvalue weighted by atomic mass is 10.2. The van der Waals surface area contributed by atoms with Gasteiger partial charge >= 0.3 is 0 Å². The minimum Gasteiger partial charge on any atom is -0.329 e. The number of hydrogen-bond acceptors (Lipinski definition) is 3. The Morgan fingerprint density at radius 3 is 2.88 bits per heavy atom. The van der Waals surface area contributed by atoms with E-state index in [0.29, 0.717) is 10.6 Å². The van der Waals surface area contributed by atoms with E-state index in [4.69, 9.17) is 11.6 Å². The molecule has 6 heteroatoms. The second kappa shape index (κ2) is 6.84. The summed E-state index contributed by atoms with van der Waals surface area (Å²) in [5, 5.41) is 4.54. The first-order valence-electron chi connectivity index (χ1n) is 7.65. The summed E-state index contributed by atoms with van der Waals surface area (Å²) < 4.78 is 2.10. The number of fused-ring (bicyclic) bond motifs is 1. The third kappa shape index (κ3) is 3.16. The van der Waals surface area contributed by atoms with Crippen molar-refractivity contribution in [2.24, 2.45) is 5.10 Å². The monoisotopic (exact) mass is 340 g/mol. The van der Waals surface area contributed by atoms with Crippen LogP contribution >= 0.6 is 11.6 Å². The van der Waals surface area contributed by atoms with Gasteiger partial charge < -0.3 is 4.57 Å². The standard InChI is InChI=1S/C18H17ClN4O/c1-3-23-12(2)21-16-10-13(8-9-17(16)23)18(24)22-20-11-14-6-4-5-7-15(14)19/h4-11H,3H2,1-2H3,(H,22,24)/b20-11-. The second-order valence-electron chi connectivity index (χ2n) is 5.33. The molecule has 122 valence electrons. The Morgan fingerprint density at radius 1 is 1.33 bits per heavy atom. The smallest absolute Gasteiger partial charge is 0.271 e. The number of benzene rings is 2. The van der Waals surface area contributed by atoms with Gasteiger partial charge in [-0.05, 0) is 38.1 Å². The summed E-state index contributed by atoms with van der Waals surface area (Å²) in [6.07, 6.45) is 1.52. The predicted octanol–water partition coefficient (Wildman–Crippen LogP) is 3.78. The van der Waals surface area contributed by atoms with Gasteiger partial charge in [-0.25, -0.2) is 10.4 Å². The number of hydrazone groups is 1. The lowest BCUT2D eigenvalue weighted by molar-refractivity contribution is 0.0955. The number of aryl methyl sites for hydroxylation is 2. The van der Waals surface area contributed by atoms with Crippen molar-refractivity contribution >= 4 is 34.8 Å². The molecular weight excluding hydrogens is 324 g/mol. The lowest BCUT2D eigenvalue weighted by Crippen LogP contribution is -2.17. The zero-order chi connectivity index (χ0) is 17.1. The van der Waals surface area contributed by atoms with Crippen molar-refractivity contribution in [3.63, 3.8) is 0 Å². The fourth-order valence-electron chi connectivity index (χ4n) is 2.60. The van der Waals surface area contributed by atoms with Crippen LogP contribution in [0.5, 0.6) is 0 Å². The third-order valence-corrected chi connectivity index (χ3v) is 4.14. The maximum Gasteiger partial charge on any atom is 0.271 e. The molecule has 24 heavy (non-hydrogen) atoms. The summed E-state index contributed by atoms with van der Waals surface area (Å²) in [6, 6.07) is 12.7. The molecular formula is C18H17ClN4O. The average Bonchev–Trinajstić information content (AvgIpc) is 2.90. The van der Waals surface area contributed by atoms with Crippen molar-refractivity contribution in [1.29, 1.82) is 0 Å². The molecule has 3 aromatic rings. The Labute approximate surface area is 145 Å². The van der Waals surface area contributed by atoms with E-state index in [-0.39, 0.29) is 5.91 Å². The molecule has 3 rings (SSSR count). The number of carbonyl (C=O) groups excluding carboxylic acids is 1. The number of imidazole rings is 1. The summed E-state index contributed by atoms with van der Waals surface area (Å²) in [7, 11) is 0. The molecule has 1 amide bonds. The molecule has 0 spiro atoms. The molecule has 0 aliphatic carbocycles. The molecule has 0 saturated heterocycles. The quantitative estimate of drug-likeness (QED) is 0.580. The number of hydrogen-bond donors (Lipinski definition) is 1. The molecule has 0 aliphatic heterocycles. The van der Waals surface area contributed by atoms with E-state index in [0.717, 1.165) is 29.0 Å². The number of nitrogens with one attached hydrogen (secondary N) is 1. The van der Waals surface area contributed by atoms with Crippen molar-refractivity contribution in [2.45, 2.75) is 20.4 Å². The van der Waals surface area contributed by atoms with Gasteiger partial charge in [-0.15, -0.1) is 0 Å². The van der Waals surface area contributed by atoms with Gasteiger partial charge in [-0.2, -0.15) is 5.10 Å². The number of nitrogens with zero attached hydrogens (tertiary/aromatic N) is 3. The first-order chi connectivity index (χ1) is 11.6. The highest BCUT2D eigenvalue weighted by Crippen LogP contribution is 2.18. The molecule has 0 radical (unpaired) electrons. The van der Waals surface area contributed by atoms with Crippen molar-refractivity contribution in [1.82, 2.24) is 15.0 Å². The predicted molar refractivity (Wildman–Crippen MR) is 96.7 cm³/mol. The highest BCUT2D eigenvalue weighted by molar-refractivity contribution is 6.33. The fraction of sp³-hybridized carbons (Fsp3) is 0.167. The molecule has 2 aromatic carbocycles. The van der Waals surface area contributed by atoms with Gasteiger partial charge in [-0.3, -0.25) is 4.79 Å². The van der Waals surface area contributed by atoms with Gasteiger partial charge in [-0.1, -0.05) is 29.8 Å². The summed E-state index contributed by atoms with van der Waals surface area (Å²) in [4.78, 5) is 16.7. The third-order valence-electron chi connectivity index (χ3n) is 3.79. The van der Waals surface area contributed by atoms with E-state index in [2.05, 4.69) is 27.0 Å². The van der Waals surface area contributed by atoms with Crippen molar-refractivity contribution in [3.05, 3.63) is 64.4 Å². The van der Waals surface area contributed by atoms with Crippen LogP contribution in [0.4, 0.5) is 0 Å². The molecule has 0 saturated carbocycles. The van der Waals surface area contributed by atoms with Crippen LogP contribution in [0.3, 0.4) is 0 Å². The van der Waals surface area contributed by atoms with Crippen LogP contribution in [0.1, 0.15) is 28.7 Å². The van der Waals surface area contributed by atoms with Gasteiger partial charge in [0, 0.05) is 22.7 Å². The minimum absolute atomic E-state index is 0.288. The van der Waals surface area contributed by atoms with Crippen LogP contribution in [0.25, 0.3) is 11.0 Å². The number of carbonyl (C=O) groups is 1. The van der Waals surface area contributed by atoms with Crippen LogP contribution in [-0.2, 0) is 6.54 Å². The van der Waals surface area contributed by atoms with E-state index in [1.54, 1.807) is 18.2 Å². The highest BCUT2D eigenvalue weighted by atomic mass is 35.5. The molecule has 1 aromatic heterocycles. The molecule has 0 bridgehead atoms. The Bertz CT molecular complexity index is 930. The first kappa shape index (κ1) is 16.2. The van der Waals surface area contributed by atoms with Crippen LogP contribution < -0.4 is 5.43 Å². The Hall–Kier alpha value is -2.66. The van der Waals surface area contributed by atoms with Crippen molar-refractivity contribution in [2.75, 3.05) is 0 Å². The van der Waals surface area contributed by atoms with Crippen molar-refractivity contribution < 1.29 is 4.79 Å². The highest BCUT2D eigenvalue weighted by Gasteiger charge is 2.10. The molecule has 0 fully saturated rings. The topological polar surface area (TPSA) is 59.3 Å². The molecule has 0 unspecified atom stereocenters. The Balaban J connectivity index is 1.78. The van der Waals surface area contributed by atoms with Crippen LogP contribution in [0, 0.1) is 6.92 Å². The first-order valence-corrected chi connectivity index (χ1v) is 8.02. The zero-order valence-electron chi connectivity index (χ0n) is 13.5. The van der Waals surface area contributed by atoms with Gasteiger partial charge in [0.05, 0.1) is 17.2 Å². The summed E-state index contributed by atoms with van der Waals surface area (Å²) in [5.41, 5.74) is 5.59. The van der Waals surface area contributed by atoms with E-state index >= 15 is 0 Å². The van der Waals surface area contributed by atoms with Crippen LogP contribution in [0.15, 0.2) is 47.6 Å². The largest absolute Gasteiger partial charge is 0.329 e. The summed E-state index contributed by atoms with van der Waals surface area (Å²) >= 11 is 6.04. The van der Waals surface area contributed by atoms with Crippen molar-refractivity contribution in [3.8, 4) is 0 Å². The van der Waals surface area contributed by atoms with Gasteiger partial charge in [0.25, 0.3) is 5.91 Å². The maximum absolute atomic E-state index is 12.2. The van der Waals surface area contributed by atoms with E-state index in [1.165, 1.54) is 6.21 Å². The molecule has 1 heterocycles. The fourth-order valence-corrected chi connectivity index (χ4v) is 2.78. The zero-order valence-corrected chi connectivity index (χ0v) is 14.2. The lowest BCUT2D eigenvalue weighted by Gasteiger charge is -2.03. The molecule has 1 N–H and O–H groups in total. The Morgan fingerprint density at radius 2 is 2.12 bits per heavy atom. The number of amides is 1. The average molecular weight is 341 g/mol. The van der Waals surface area contributed by atoms with Gasteiger partial charge in [0.15, 0.2) is 0 Å². The van der Waals surface area contributed by atoms with Crippen LogP contribution in [0.2, 0.25) is 5.02 Å². The second-order valence-corrected chi connectivity index (χ2v) is 5.73. The maximum atomic E-state index is 12.2. The van der Waals surface area contributed by atoms with E-state index < -0.39 is 0 Å².